The monoisotopic (exact) mass is 350 g/mol. The van der Waals surface area contributed by atoms with Crippen LogP contribution < -0.4 is 10.7 Å². The molecule has 2 amide bonds. The van der Waals surface area contributed by atoms with Crippen molar-refractivity contribution in [2.24, 2.45) is 5.10 Å². The summed E-state index contributed by atoms with van der Waals surface area (Å²) in [6.07, 6.45) is 1.57. The standard InChI is InChI=1S/C19H18N4O3/c1-12-15(13-6-2-4-8-16(13)22-12)10-21-23-18(25)11-20-19(26)14-7-3-5-9-17(14)24/h2-10,22,24H,11H2,1H3,(H,20,26)(H,23,25). The molecule has 0 saturated carbocycles. The van der Waals surface area contributed by atoms with Crippen molar-refractivity contribution in [3.05, 3.63) is 65.4 Å². The molecule has 0 saturated heterocycles. The molecule has 0 bridgehead atoms. The molecular formula is C19H18N4O3. The van der Waals surface area contributed by atoms with E-state index < -0.39 is 11.8 Å². The van der Waals surface area contributed by atoms with Gasteiger partial charge in [0.05, 0.1) is 18.3 Å². The number of H-pyrrole nitrogens is 1. The topological polar surface area (TPSA) is 107 Å². The number of rotatable bonds is 5. The second-order valence-corrected chi connectivity index (χ2v) is 5.70. The number of aromatic hydroxyl groups is 1. The van der Waals surface area contributed by atoms with Crippen molar-refractivity contribution in [2.45, 2.75) is 6.92 Å². The lowest BCUT2D eigenvalue weighted by Gasteiger charge is -2.05. The Morgan fingerprint density at radius 2 is 1.88 bits per heavy atom. The lowest BCUT2D eigenvalue weighted by molar-refractivity contribution is -0.120. The van der Waals surface area contributed by atoms with Crippen LogP contribution in [0.4, 0.5) is 0 Å². The second-order valence-electron chi connectivity index (χ2n) is 5.70. The van der Waals surface area contributed by atoms with Crippen molar-refractivity contribution in [3.8, 4) is 5.75 Å². The van der Waals surface area contributed by atoms with Gasteiger partial charge in [-0.25, -0.2) is 5.43 Å². The Kier molecular flexibility index (Phi) is 4.98. The Morgan fingerprint density at radius 3 is 2.69 bits per heavy atom. The summed E-state index contributed by atoms with van der Waals surface area (Å²) >= 11 is 0. The second kappa shape index (κ2) is 7.52. The number of nitrogens with one attached hydrogen (secondary N) is 3. The number of aromatic amines is 1. The molecule has 4 N–H and O–H groups in total. The van der Waals surface area contributed by atoms with E-state index in [0.29, 0.717) is 0 Å². The quantitative estimate of drug-likeness (QED) is 0.418. The number of carbonyl (C=O) groups excluding carboxylic acids is 2. The Labute approximate surface area is 149 Å². The van der Waals surface area contributed by atoms with Gasteiger partial charge in [-0.3, -0.25) is 9.59 Å². The van der Waals surface area contributed by atoms with Crippen molar-refractivity contribution in [1.29, 1.82) is 0 Å². The number of amides is 2. The highest BCUT2D eigenvalue weighted by molar-refractivity contribution is 6.01. The molecule has 7 nitrogen and oxygen atoms in total. The van der Waals surface area contributed by atoms with E-state index >= 15 is 0 Å². The molecule has 0 aliphatic heterocycles. The van der Waals surface area contributed by atoms with Gasteiger partial charge in [-0.15, -0.1) is 0 Å². The molecule has 3 aromatic rings. The van der Waals surface area contributed by atoms with E-state index in [-0.39, 0.29) is 17.9 Å². The average molecular weight is 350 g/mol. The Bertz CT molecular complexity index is 991. The van der Waals surface area contributed by atoms with Gasteiger partial charge in [-0.1, -0.05) is 30.3 Å². The third-order valence-corrected chi connectivity index (χ3v) is 3.88. The molecule has 0 aliphatic carbocycles. The van der Waals surface area contributed by atoms with Crippen molar-refractivity contribution in [2.75, 3.05) is 6.54 Å². The third-order valence-electron chi connectivity index (χ3n) is 3.88. The van der Waals surface area contributed by atoms with E-state index in [9.17, 15) is 14.7 Å². The number of aromatic nitrogens is 1. The summed E-state index contributed by atoms with van der Waals surface area (Å²) in [4.78, 5) is 27.0. The van der Waals surface area contributed by atoms with Crippen LogP contribution in [0.3, 0.4) is 0 Å². The number of benzene rings is 2. The van der Waals surface area contributed by atoms with E-state index in [4.69, 9.17) is 0 Å². The molecule has 1 aromatic heterocycles. The van der Waals surface area contributed by atoms with Crippen molar-refractivity contribution < 1.29 is 14.7 Å². The summed E-state index contributed by atoms with van der Waals surface area (Å²) in [6, 6.07) is 13.9. The number of phenols is 1. The number of hydrogen-bond donors (Lipinski definition) is 4. The van der Waals surface area contributed by atoms with E-state index in [1.54, 1.807) is 18.3 Å². The van der Waals surface area contributed by atoms with E-state index in [1.165, 1.54) is 12.1 Å². The summed E-state index contributed by atoms with van der Waals surface area (Å²) < 4.78 is 0. The van der Waals surface area contributed by atoms with Crippen LogP contribution in [0.25, 0.3) is 10.9 Å². The number of aryl methyl sites for hydroxylation is 1. The molecule has 0 unspecified atom stereocenters. The number of para-hydroxylation sites is 2. The minimum absolute atomic E-state index is 0.109. The lowest BCUT2D eigenvalue weighted by atomic mass is 10.1. The first-order chi connectivity index (χ1) is 12.6. The minimum atomic E-state index is -0.533. The number of carbonyl (C=O) groups is 2. The highest BCUT2D eigenvalue weighted by atomic mass is 16.3. The number of nitrogens with zero attached hydrogens (tertiary/aromatic N) is 1. The highest BCUT2D eigenvalue weighted by Crippen LogP contribution is 2.19. The Morgan fingerprint density at radius 1 is 1.15 bits per heavy atom. The first-order valence-corrected chi connectivity index (χ1v) is 8.01. The summed E-state index contributed by atoms with van der Waals surface area (Å²) in [6.45, 7) is 1.67. The first kappa shape index (κ1) is 17.2. The highest BCUT2D eigenvalue weighted by Gasteiger charge is 2.11. The fraction of sp³-hybridized carbons (Fsp3) is 0.105. The largest absolute Gasteiger partial charge is 0.507 e. The van der Waals surface area contributed by atoms with Gasteiger partial charge in [0, 0.05) is 22.2 Å². The van der Waals surface area contributed by atoms with Gasteiger partial charge in [0.15, 0.2) is 0 Å². The zero-order valence-electron chi connectivity index (χ0n) is 14.1. The maximum atomic E-state index is 11.9. The molecule has 26 heavy (non-hydrogen) atoms. The molecule has 0 aliphatic rings. The predicted octanol–water partition coefficient (Wildman–Crippen LogP) is 2.06. The molecule has 0 atom stereocenters. The van der Waals surface area contributed by atoms with Gasteiger partial charge >= 0.3 is 0 Å². The van der Waals surface area contributed by atoms with Gasteiger partial charge in [-0.2, -0.15) is 5.10 Å². The lowest BCUT2D eigenvalue weighted by Crippen LogP contribution is -2.34. The molecule has 7 heteroatoms. The van der Waals surface area contributed by atoms with Crippen molar-refractivity contribution in [3.63, 3.8) is 0 Å². The normalized spacial score (nSPS) is 11.0. The van der Waals surface area contributed by atoms with Crippen molar-refractivity contribution in [1.82, 2.24) is 15.7 Å². The summed E-state index contributed by atoms with van der Waals surface area (Å²) in [5, 5.41) is 17.0. The van der Waals surface area contributed by atoms with Crippen LogP contribution in [-0.2, 0) is 4.79 Å². The van der Waals surface area contributed by atoms with Crippen LogP contribution in [0.1, 0.15) is 21.6 Å². The van der Waals surface area contributed by atoms with Crippen molar-refractivity contribution >= 4 is 28.9 Å². The average Bonchev–Trinajstić information content (AvgIpc) is 2.95. The van der Waals surface area contributed by atoms with E-state index in [2.05, 4.69) is 20.8 Å². The van der Waals surface area contributed by atoms with Gasteiger partial charge in [0.2, 0.25) is 0 Å². The summed E-state index contributed by atoms with van der Waals surface area (Å²) in [5.41, 5.74) is 5.31. The molecule has 0 radical (unpaired) electrons. The molecule has 1 heterocycles. The van der Waals surface area contributed by atoms with Gasteiger partial charge in [0.25, 0.3) is 11.8 Å². The van der Waals surface area contributed by atoms with Gasteiger partial charge in [-0.05, 0) is 25.1 Å². The molecule has 2 aromatic carbocycles. The Balaban J connectivity index is 1.57. The molecule has 132 valence electrons. The maximum absolute atomic E-state index is 11.9. The fourth-order valence-corrected chi connectivity index (χ4v) is 2.59. The van der Waals surface area contributed by atoms with Crippen LogP contribution in [0.2, 0.25) is 0 Å². The molecule has 0 fully saturated rings. The number of hydrogen-bond acceptors (Lipinski definition) is 4. The van der Waals surface area contributed by atoms with Crippen LogP contribution >= 0.6 is 0 Å². The maximum Gasteiger partial charge on any atom is 0.259 e. The van der Waals surface area contributed by atoms with Crippen LogP contribution in [0.5, 0.6) is 5.75 Å². The van der Waals surface area contributed by atoms with Crippen LogP contribution in [0.15, 0.2) is 53.6 Å². The predicted molar refractivity (Wildman–Crippen MR) is 99.2 cm³/mol. The Hall–Kier alpha value is -3.61. The zero-order valence-corrected chi connectivity index (χ0v) is 14.1. The van der Waals surface area contributed by atoms with E-state index in [0.717, 1.165) is 22.2 Å². The smallest absolute Gasteiger partial charge is 0.259 e. The SMILES string of the molecule is Cc1[nH]c2ccccc2c1C=NNC(=O)CNC(=O)c1ccccc1O. The number of hydrazone groups is 1. The molecule has 3 rings (SSSR count). The fourth-order valence-electron chi connectivity index (χ4n) is 2.59. The summed E-state index contributed by atoms with van der Waals surface area (Å²) in [5.74, 6) is -1.14. The minimum Gasteiger partial charge on any atom is -0.507 e. The number of fused-ring (bicyclic) bond motifs is 1. The van der Waals surface area contributed by atoms with Gasteiger partial charge in [0.1, 0.15) is 5.75 Å². The van der Waals surface area contributed by atoms with Crippen LogP contribution in [-0.4, -0.2) is 34.7 Å². The summed E-state index contributed by atoms with van der Waals surface area (Å²) in [7, 11) is 0. The zero-order chi connectivity index (χ0) is 18.5. The first-order valence-electron chi connectivity index (χ1n) is 8.01. The third kappa shape index (κ3) is 3.72. The van der Waals surface area contributed by atoms with E-state index in [1.807, 2.05) is 31.2 Å². The van der Waals surface area contributed by atoms with Gasteiger partial charge < -0.3 is 15.4 Å². The number of phenolic OH excluding ortho intramolecular Hbond substituents is 1. The van der Waals surface area contributed by atoms with Crippen LogP contribution in [0, 0.1) is 6.92 Å². The molecular weight excluding hydrogens is 332 g/mol. The molecule has 0 spiro atoms.